The maximum atomic E-state index is 12.5. The summed E-state index contributed by atoms with van der Waals surface area (Å²) in [6.45, 7) is 1.15. The lowest BCUT2D eigenvalue weighted by Gasteiger charge is -2.18. The number of carbonyl (C=O) groups is 1. The maximum absolute atomic E-state index is 12.5. The van der Waals surface area contributed by atoms with Crippen molar-refractivity contribution in [3.63, 3.8) is 0 Å². The van der Waals surface area contributed by atoms with Gasteiger partial charge in [-0.3, -0.25) is 23.5 Å². The Morgan fingerprint density at radius 2 is 2.19 bits per heavy atom. The molecular weight excluding hydrogens is 336 g/mol. The minimum absolute atomic E-state index is 0.0916. The molecule has 26 heavy (non-hydrogen) atoms. The average Bonchev–Trinajstić information content (AvgIpc) is 3.26. The Morgan fingerprint density at radius 1 is 1.35 bits per heavy atom. The van der Waals surface area contributed by atoms with E-state index in [1.54, 1.807) is 16.8 Å². The van der Waals surface area contributed by atoms with Gasteiger partial charge < -0.3 is 10.2 Å². The van der Waals surface area contributed by atoms with Gasteiger partial charge in [-0.2, -0.15) is 0 Å². The first-order valence-electron chi connectivity index (χ1n) is 8.31. The monoisotopic (exact) mass is 354 g/mol. The van der Waals surface area contributed by atoms with Crippen LogP contribution in [0.2, 0.25) is 0 Å². The van der Waals surface area contributed by atoms with Crippen LogP contribution in [-0.4, -0.2) is 44.0 Å². The lowest BCUT2D eigenvalue weighted by molar-refractivity contribution is 0.0929. The fourth-order valence-corrected chi connectivity index (χ4v) is 3.17. The molecule has 0 aliphatic carbocycles. The van der Waals surface area contributed by atoms with Crippen molar-refractivity contribution in [1.29, 1.82) is 0 Å². The zero-order valence-corrected chi connectivity index (χ0v) is 14.2. The molecule has 134 valence electrons. The molecule has 9 nitrogen and oxygen atoms in total. The van der Waals surface area contributed by atoms with Crippen molar-refractivity contribution in [3.8, 4) is 0 Å². The summed E-state index contributed by atoms with van der Waals surface area (Å²) >= 11 is 0. The van der Waals surface area contributed by atoms with Crippen molar-refractivity contribution < 1.29 is 4.79 Å². The van der Waals surface area contributed by atoms with Gasteiger partial charge in [0.25, 0.3) is 11.5 Å². The molecule has 1 fully saturated rings. The second-order valence-electron chi connectivity index (χ2n) is 6.34. The molecule has 4 rings (SSSR count). The van der Waals surface area contributed by atoms with E-state index in [1.165, 1.54) is 13.1 Å². The van der Waals surface area contributed by atoms with Crippen molar-refractivity contribution in [2.45, 2.75) is 12.5 Å². The normalized spacial score (nSPS) is 17.0. The number of imidazole rings is 1. The molecule has 2 N–H and O–H groups in total. The molecule has 1 saturated heterocycles. The summed E-state index contributed by atoms with van der Waals surface area (Å²) in [5.41, 5.74) is 0.0346. The lowest BCUT2D eigenvalue weighted by atomic mass is 10.2. The van der Waals surface area contributed by atoms with Gasteiger partial charge in [-0.05, 0) is 18.6 Å². The Kier molecular flexibility index (Phi) is 3.83. The first-order valence-corrected chi connectivity index (χ1v) is 8.31. The molecule has 4 heterocycles. The van der Waals surface area contributed by atoms with Crippen LogP contribution >= 0.6 is 0 Å². The third-order valence-electron chi connectivity index (χ3n) is 4.64. The standard InChI is InChI=1S/C17H18N6O3/c1-21-14(24)8-13(20-17(21)26)22-7-5-11(10-22)19-16(25)15-18-9-12-4-2-3-6-23(12)15/h2-4,6,8-9,11H,5,7,10H2,1H3,(H,19,25)(H,20,26)/t11-/m0/s1. The quantitative estimate of drug-likeness (QED) is 0.674. The highest BCUT2D eigenvalue weighted by Crippen LogP contribution is 2.16. The van der Waals surface area contributed by atoms with E-state index < -0.39 is 5.69 Å². The molecule has 0 spiro atoms. The van der Waals surface area contributed by atoms with E-state index in [0.29, 0.717) is 31.2 Å². The molecule has 0 radical (unpaired) electrons. The minimum Gasteiger partial charge on any atom is -0.356 e. The highest BCUT2D eigenvalue weighted by atomic mass is 16.2. The number of nitrogens with zero attached hydrogens (tertiary/aromatic N) is 4. The van der Waals surface area contributed by atoms with Crippen LogP contribution in [0.4, 0.5) is 5.82 Å². The number of H-pyrrole nitrogens is 1. The number of aromatic nitrogens is 4. The van der Waals surface area contributed by atoms with Gasteiger partial charge in [0, 0.05) is 38.4 Å². The summed E-state index contributed by atoms with van der Waals surface area (Å²) < 4.78 is 2.75. The van der Waals surface area contributed by atoms with Gasteiger partial charge in [0.05, 0.1) is 11.7 Å². The minimum atomic E-state index is -0.455. The van der Waals surface area contributed by atoms with E-state index in [0.717, 1.165) is 10.1 Å². The molecule has 0 aromatic carbocycles. The van der Waals surface area contributed by atoms with E-state index in [9.17, 15) is 14.4 Å². The van der Waals surface area contributed by atoms with Gasteiger partial charge in [0.15, 0.2) is 0 Å². The van der Waals surface area contributed by atoms with E-state index >= 15 is 0 Å². The van der Waals surface area contributed by atoms with Crippen molar-refractivity contribution in [1.82, 2.24) is 24.3 Å². The largest absolute Gasteiger partial charge is 0.356 e. The number of pyridine rings is 1. The Bertz CT molecular complexity index is 1060. The molecule has 3 aromatic heterocycles. The molecule has 0 bridgehead atoms. The number of anilines is 1. The third-order valence-corrected chi connectivity index (χ3v) is 4.64. The van der Waals surface area contributed by atoms with Gasteiger partial charge in [-0.25, -0.2) is 9.78 Å². The second kappa shape index (κ2) is 6.17. The molecule has 9 heteroatoms. The summed E-state index contributed by atoms with van der Waals surface area (Å²) in [6, 6.07) is 6.92. The molecular formula is C17H18N6O3. The zero-order valence-electron chi connectivity index (χ0n) is 14.2. The predicted molar refractivity (Wildman–Crippen MR) is 95.6 cm³/mol. The van der Waals surface area contributed by atoms with Crippen LogP contribution in [0.15, 0.2) is 46.2 Å². The number of fused-ring (bicyclic) bond motifs is 1. The fourth-order valence-electron chi connectivity index (χ4n) is 3.17. The number of hydrogen-bond donors (Lipinski definition) is 2. The van der Waals surface area contributed by atoms with Crippen LogP contribution in [0.1, 0.15) is 17.0 Å². The van der Waals surface area contributed by atoms with Crippen molar-refractivity contribution in [3.05, 3.63) is 63.3 Å². The first kappa shape index (κ1) is 16.1. The van der Waals surface area contributed by atoms with Crippen molar-refractivity contribution >= 4 is 17.2 Å². The van der Waals surface area contributed by atoms with Crippen LogP contribution in [0, 0.1) is 0 Å². The number of rotatable bonds is 3. The highest BCUT2D eigenvalue weighted by molar-refractivity contribution is 5.92. The van der Waals surface area contributed by atoms with Crippen molar-refractivity contribution in [2.24, 2.45) is 7.05 Å². The molecule has 1 amide bonds. The van der Waals surface area contributed by atoms with Gasteiger partial charge in [0.1, 0.15) is 5.82 Å². The van der Waals surface area contributed by atoms with Crippen LogP contribution < -0.4 is 21.5 Å². The van der Waals surface area contributed by atoms with E-state index in [-0.39, 0.29) is 17.5 Å². The summed E-state index contributed by atoms with van der Waals surface area (Å²) in [5.74, 6) is 0.558. The summed E-state index contributed by atoms with van der Waals surface area (Å²) in [4.78, 5) is 44.9. The number of amides is 1. The lowest BCUT2D eigenvalue weighted by Crippen LogP contribution is -2.39. The molecule has 1 atom stereocenters. The van der Waals surface area contributed by atoms with Crippen molar-refractivity contribution in [2.75, 3.05) is 18.0 Å². The Balaban J connectivity index is 1.48. The van der Waals surface area contributed by atoms with E-state index in [4.69, 9.17) is 0 Å². The maximum Gasteiger partial charge on any atom is 0.329 e. The van der Waals surface area contributed by atoms with Gasteiger partial charge >= 0.3 is 5.69 Å². The summed E-state index contributed by atoms with van der Waals surface area (Å²) in [7, 11) is 1.42. The van der Waals surface area contributed by atoms with Gasteiger partial charge in [-0.15, -0.1) is 0 Å². The molecule has 1 aliphatic heterocycles. The smallest absolute Gasteiger partial charge is 0.329 e. The predicted octanol–water partition coefficient (Wildman–Crippen LogP) is -0.270. The molecule has 0 saturated carbocycles. The van der Waals surface area contributed by atoms with Crippen LogP contribution in [0.25, 0.3) is 5.52 Å². The number of nitrogens with one attached hydrogen (secondary N) is 2. The first-order chi connectivity index (χ1) is 12.5. The van der Waals surface area contributed by atoms with Gasteiger partial charge in [-0.1, -0.05) is 6.07 Å². The summed E-state index contributed by atoms with van der Waals surface area (Å²) in [6.07, 6.45) is 4.16. The Labute approximate surface area is 147 Å². The third kappa shape index (κ3) is 2.77. The van der Waals surface area contributed by atoms with Crippen LogP contribution in [-0.2, 0) is 7.05 Å². The summed E-state index contributed by atoms with van der Waals surface area (Å²) in [5, 5.41) is 2.97. The number of carbonyl (C=O) groups excluding carboxylic acids is 1. The van der Waals surface area contributed by atoms with Gasteiger partial charge in [0.2, 0.25) is 5.82 Å². The van der Waals surface area contributed by atoms with E-state index in [2.05, 4.69) is 15.3 Å². The number of aromatic amines is 1. The van der Waals surface area contributed by atoms with Crippen LogP contribution in [0.3, 0.4) is 0 Å². The fraction of sp³-hybridized carbons (Fsp3) is 0.294. The molecule has 0 unspecified atom stereocenters. The SMILES string of the molecule is Cn1c(=O)cc(N2CC[C@H](NC(=O)c3ncc4ccccn34)C2)[nH]c1=O. The topological polar surface area (TPSA) is 104 Å². The van der Waals surface area contributed by atoms with E-state index in [1.807, 2.05) is 23.1 Å². The highest BCUT2D eigenvalue weighted by Gasteiger charge is 2.26. The molecule has 1 aliphatic rings. The second-order valence-corrected chi connectivity index (χ2v) is 6.34. The Hall–Kier alpha value is -3.36. The zero-order chi connectivity index (χ0) is 18.3. The van der Waals surface area contributed by atoms with Crippen LogP contribution in [0.5, 0.6) is 0 Å². The molecule has 3 aromatic rings. The average molecular weight is 354 g/mol. The number of hydrogen-bond acceptors (Lipinski definition) is 5. The Morgan fingerprint density at radius 3 is 3.00 bits per heavy atom.